The molecule has 0 aliphatic rings. The molecule has 0 atom stereocenters. The highest BCUT2D eigenvalue weighted by Crippen LogP contribution is 2.28. The molecule has 0 spiro atoms. The number of rotatable bonds is 3. The normalized spacial score (nSPS) is 10.2. The van der Waals surface area contributed by atoms with Crippen LogP contribution in [0.15, 0.2) is 36.5 Å². The van der Waals surface area contributed by atoms with Gasteiger partial charge in [0.05, 0.1) is 13.3 Å². The van der Waals surface area contributed by atoms with Crippen molar-refractivity contribution in [3.63, 3.8) is 0 Å². The Labute approximate surface area is 104 Å². The Morgan fingerprint density at radius 1 is 1.28 bits per heavy atom. The van der Waals surface area contributed by atoms with Gasteiger partial charge >= 0.3 is 0 Å². The number of ketones is 1. The number of aromatic nitrogens is 1. The van der Waals surface area contributed by atoms with Gasteiger partial charge in [0.2, 0.25) is 5.88 Å². The number of pyridine rings is 1. The van der Waals surface area contributed by atoms with E-state index in [1.165, 1.54) is 20.1 Å². The summed E-state index contributed by atoms with van der Waals surface area (Å²) in [4.78, 5) is 15.0. The van der Waals surface area contributed by atoms with E-state index < -0.39 is 5.82 Å². The number of nitrogens with zero attached hydrogens (tertiary/aromatic N) is 1. The van der Waals surface area contributed by atoms with Crippen LogP contribution >= 0.6 is 0 Å². The highest BCUT2D eigenvalue weighted by atomic mass is 19.1. The van der Waals surface area contributed by atoms with Crippen LogP contribution in [0.1, 0.15) is 17.3 Å². The van der Waals surface area contributed by atoms with E-state index in [0.717, 1.165) is 11.8 Å². The largest absolute Gasteiger partial charge is 0.481 e. The molecule has 0 aliphatic carbocycles. The molecular weight excluding hydrogens is 233 g/mol. The maximum absolute atomic E-state index is 13.2. The number of hydrogen-bond acceptors (Lipinski definition) is 3. The molecule has 0 N–H and O–H groups in total. The summed E-state index contributed by atoms with van der Waals surface area (Å²) in [5, 5.41) is 0. The molecule has 0 unspecified atom stereocenters. The topological polar surface area (TPSA) is 39.2 Å². The summed E-state index contributed by atoms with van der Waals surface area (Å²) in [6.45, 7) is 1.50. The van der Waals surface area contributed by atoms with Crippen LogP contribution in [0.4, 0.5) is 4.39 Å². The quantitative estimate of drug-likeness (QED) is 0.780. The first-order valence-corrected chi connectivity index (χ1v) is 5.42. The van der Waals surface area contributed by atoms with Crippen molar-refractivity contribution >= 4 is 5.78 Å². The summed E-state index contributed by atoms with van der Waals surface area (Å²) in [6, 6.07) is 8.24. The lowest BCUT2D eigenvalue weighted by molar-refractivity contribution is 0.101. The summed E-state index contributed by atoms with van der Waals surface area (Å²) >= 11 is 0. The van der Waals surface area contributed by atoms with Crippen molar-refractivity contribution in [1.29, 1.82) is 0 Å². The molecule has 0 bridgehead atoms. The summed E-state index contributed by atoms with van der Waals surface area (Å²) in [6.07, 6.45) is 1.10. The number of methoxy groups -OCH3 is 1. The van der Waals surface area contributed by atoms with Crippen molar-refractivity contribution in [2.75, 3.05) is 7.11 Å². The second kappa shape index (κ2) is 4.96. The van der Waals surface area contributed by atoms with Gasteiger partial charge in [-0.1, -0.05) is 24.3 Å². The number of ether oxygens (including phenoxy) is 1. The molecule has 0 saturated carbocycles. The molecule has 1 aromatic heterocycles. The zero-order valence-electron chi connectivity index (χ0n) is 10.1. The molecular formula is C14H12FNO2. The van der Waals surface area contributed by atoms with Gasteiger partial charge in [0.15, 0.2) is 5.78 Å². The van der Waals surface area contributed by atoms with Crippen LogP contribution in [0.5, 0.6) is 5.88 Å². The average Bonchev–Trinajstić information content (AvgIpc) is 2.39. The van der Waals surface area contributed by atoms with E-state index in [1.54, 1.807) is 24.3 Å². The molecule has 2 rings (SSSR count). The zero-order chi connectivity index (χ0) is 13.1. The highest BCUT2D eigenvalue weighted by molar-refractivity contribution is 5.94. The number of benzene rings is 1. The van der Waals surface area contributed by atoms with Crippen LogP contribution in [0.3, 0.4) is 0 Å². The molecule has 2 aromatic rings. The Balaban J connectivity index is 2.48. The Bertz CT molecular complexity index is 579. The second-order valence-corrected chi connectivity index (χ2v) is 3.84. The third-order valence-corrected chi connectivity index (χ3v) is 2.61. The predicted molar refractivity (Wildman–Crippen MR) is 66.2 cm³/mol. The van der Waals surface area contributed by atoms with Crippen molar-refractivity contribution in [3.8, 4) is 17.0 Å². The predicted octanol–water partition coefficient (Wildman–Crippen LogP) is 3.10. The Kier molecular flexibility index (Phi) is 3.37. The fourth-order valence-electron chi connectivity index (χ4n) is 1.68. The standard InChI is InChI=1S/C14H12FNO2/c1-9(17)10-3-5-11(6-4-10)13-7-12(15)8-16-14(13)18-2/h3-8H,1-2H3. The number of carbonyl (C=O) groups excluding carboxylic acids is 1. The summed E-state index contributed by atoms with van der Waals surface area (Å²) in [7, 11) is 1.48. The molecule has 0 aliphatic heterocycles. The van der Waals surface area contributed by atoms with Crippen molar-refractivity contribution in [2.45, 2.75) is 6.92 Å². The van der Waals surface area contributed by atoms with Gasteiger partial charge in [-0.25, -0.2) is 9.37 Å². The minimum atomic E-state index is -0.429. The van der Waals surface area contributed by atoms with Crippen molar-refractivity contribution in [1.82, 2.24) is 4.98 Å². The number of carbonyl (C=O) groups is 1. The highest BCUT2D eigenvalue weighted by Gasteiger charge is 2.09. The van der Waals surface area contributed by atoms with E-state index in [2.05, 4.69) is 4.98 Å². The molecule has 0 amide bonds. The fourth-order valence-corrected chi connectivity index (χ4v) is 1.68. The van der Waals surface area contributed by atoms with Crippen LogP contribution < -0.4 is 4.74 Å². The van der Waals surface area contributed by atoms with E-state index in [-0.39, 0.29) is 5.78 Å². The Hall–Kier alpha value is -2.23. The molecule has 0 radical (unpaired) electrons. The molecule has 3 nitrogen and oxygen atoms in total. The third-order valence-electron chi connectivity index (χ3n) is 2.61. The fraction of sp³-hybridized carbons (Fsp3) is 0.143. The number of halogens is 1. The van der Waals surface area contributed by atoms with Crippen LogP contribution in [-0.2, 0) is 0 Å². The van der Waals surface area contributed by atoms with Gasteiger partial charge in [-0.3, -0.25) is 4.79 Å². The van der Waals surface area contributed by atoms with Gasteiger partial charge in [0.1, 0.15) is 5.82 Å². The van der Waals surface area contributed by atoms with Gasteiger partial charge in [-0.05, 0) is 18.6 Å². The lowest BCUT2D eigenvalue weighted by Gasteiger charge is -2.07. The first-order chi connectivity index (χ1) is 8.61. The Morgan fingerprint density at radius 2 is 1.94 bits per heavy atom. The molecule has 92 valence electrons. The van der Waals surface area contributed by atoms with Crippen LogP contribution in [0.25, 0.3) is 11.1 Å². The van der Waals surface area contributed by atoms with E-state index in [0.29, 0.717) is 17.0 Å². The van der Waals surface area contributed by atoms with E-state index in [9.17, 15) is 9.18 Å². The van der Waals surface area contributed by atoms with Crippen molar-refractivity contribution in [3.05, 3.63) is 47.9 Å². The second-order valence-electron chi connectivity index (χ2n) is 3.84. The average molecular weight is 245 g/mol. The van der Waals surface area contributed by atoms with E-state index in [4.69, 9.17) is 4.74 Å². The summed E-state index contributed by atoms with van der Waals surface area (Å²) < 4.78 is 18.3. The molecule has 1 aromatic carbocycles. The lowest BCUT2D eigenvalue weighted by Crippen LogP contribution is -1.94. The van der Waals surface area contributed by atoms with Gasteiger partial charge in [-0.15, -0.1) is 0 Å². The lowest BCUT2D eigenvalue weighted by atomic mass is 10.0. The zero-order valence-corrected chi connectivity index (χ0v) is 10.1. The minimum absolute atomic E-state index is 0.00844. The van der Waals surface area contributed by atoms with E-state index in [1.807, 2.05) is 0 Å². The van der Waals surface area contributed by atoms with E-state index >= 15 is 0 Å². The first-order valence-electron chi connectivity index (χ1n) is 5.42. The van der Waals surface area contributed by atoms with Gasteiger partial charge in [0, 0.05) is 11.1 Å². The van der Waals surface area contributed by atoms with Gasteiger partial charge < -0.3 is 4.74 Å². The van der Waals surface area contributed by atoms with Crippen LogP contribution in [0, 0.1) is 5.82 Å². The maximum atomic E-state index is 13.2. The smallest absolute Gasteiger partial charge is 0.221 e. The van der Waals surface area contributed by atoms with Gasteiger partial charge in [-0.2, -0.15) is 0 Å². The number of hydrogen-bond donors (Lipinski definition) is 0. The van der Waals surface area contributed by atoms with Crippen LogP contribution in [-0.4, -0.2) is 17.9 Å². The third kappa shape index (κ3) is 2.37. The first kappa shape index (κ1) is 12.2. The van der Waals surface area contributed by atoms with Gasteiger partial charge in [0.25, 0.3) is 0 Å². The van der Waals surface area contributed by atoms with Crippen molar-refractivity contribution in [2.24, 2.45) is 0 Å². The molecule has 4 heteroatoms. The Morgan fingerprint density at radius 3 is 2.50 bits per heavy atom. The minimum Gasteiger partial charge on any atom is -0.481 e. The molecule has 0 fully saturated rings. The number of Topliss-reactive ketones (excluding diaryl/α,β-unsaturated/α-hetero) is 1. The monoisotopic (exact) mass is 245 g/mol. The molecule has 18 heavy (non-hydrogen) atoms. The van der Waals surface area contributed by atoms with Crippen LogP contribution in [0.2, 0.25) is 0 Å². The summed E-state index contributed by atoms with van der Waals surface area (Å²) in [5.74, 6) is -0.0840. The maximum Gasteiger partial charge on any atom is 0.221 e. The molecule has 0 saturated heterocycles. The van der Waals surface area contributed by atoms with Crippen molar-refractivity contribution < 1.29 is 13.9 Å². The summed E-state index contributed by atoms with van der Waals surface area (Å²) in [5.41, 5.74) is 1.93. The molecule has 1 heterocycles. The SMILES string of the molecule is COc1ncc(F)cc1-c1ccc(C(C)=O)cc1.